The quantitative estimate of drug-likeness (QED) is 0.203. The molecular formula is C31H32BrN3O5. The molecule has 0 saturated carbocycles. The lowest BCUT2D eigenvalue weighted by atomic mass is 9.71. The van der Waals surface area contributed by atoms with E-state index in [9.17, 15) is 5.11 Å². The van der Waals surface area contributed by atoms with Crippen molar-refractivity contribution >= 4 is 37.8 Å². The van der Waals surface area contributed by atoms with Gasteiger partial charge in [0.25, 0.3) is 0 Å². The maximum absolute atomic E-state index is 13.1. The lowest BCUT2D eigenvalue weighted by Crippen LogP contribution is -2.38. The fourth-order valence-electron chi connectivity index (χ4n) is 5.23. The molecule has 2 atom stereocenters. The first-order chi connectivity index (χ1) is 19.3. The van der Waals surface area contributed by atoms with Gasteiger partial charge in [0.1, 0.15) is 11.2 Å². The normalized spacial score (nSPS) is 13.9. The van der Waals surface area contributed by atoms with E-state index in [4.69, 9.17) is 23.6 Å². The van der Waals surface area contributed by atoms with E-state index in [0.717, 1.165) is 26.3 Å². The summed E-state index contributed by atoms with van der Waals surface area (Å²) >= 11 is 3.59. The van der Waals surface area contributed by atoms with Crippen molar-refractivity contribution in [2.75, 3.05) is 42.0 Å². The molecule has 208 valence electrons. The molecule has 0 aliphatic rings. The molecule has 1 N–H and O–H groups in total. The molecule has 9 heteroatoms. The fourth-order valence-corrected chi connectivity index (χ4v) is 5.61. The van der Waals surface area contributed by atoms with E-state index in [0.29, 0.717) is 47.3 Å². The van der Waals surface area contributed by atoms with Gasteiger partial charge in [0.2, 0.25) is 17.6 Å². The van der Waals surface area contributed by atoms with Crippen molar-refractivity contribution in [3.8, 4) is 17.6 Å². The molecule has 0 aliphatic heterocycles. The summed E-state index contributed by atoms with van der Waals surface area (Å²) in [5.74, 6) is 0.421. The van der Waals surface area contributed by atoms with Gasteiger partial charge in [-0.05, 0) is 56.4 Å². The number of fused-ring (bicyclic) bond motifs is 2. The molecular weight excluding hydrogens is 574 g/mol. The van der Waals surface area contributed by atoms with Crippen LogP contribution in [0.5, 0.6) is 17.6 Å². The van der Waals surface area contributed by atoms with Crippen LogP contribution in [0, 0.1) is 0 Å². The van der Waals surface area contributed by atoms with Crippen molar-refractivity contribution in [2.24, 2.45) is 0 Å². The van der Waals surface area contributed by atoms with E-state index < -0.39 is 11.5 Å². The largest absolute Gasteiger partial charge is 0.481 e. The molecule has 3 aromatic heterocycles. The van der Waals surface area contributed by atoms with Gasteiger partial charge >= 0.3 is 0 Å². The summed E-state index contributed by atoms with van der Waals surface area (Å²) in [5, 5.41) is 14.9. The number of ether oxygens (including phenoxy) is 3. The highest BCUT2D eigenvalue weighted by molar-refractivity contribution is 9.10. The van der Waals surface area contributed by atoms with Crippen molar-refractivity contribution < 1.29 is 23.7 Å². The van der Waals surface area contributed by atoms with E-state index in [-0.39, 0.29) is 0 Å². The third-order valence-corrected chi connectivity index (χ3v) is 7.70. The van der Waals surface area contributed by atoms with Gasteiger partial charge in [0, 0.05) is 45.0 Å². The molecule has 0 aliphatic carbocycles. The molecule has 40 heavy (non-hydrogen) atoms. The Bertz CT molecular complexity index is 1630. The van der Waals surface area contributed by atoms with Crippen LogP contribution >= 0.6 is 15.9 Å². The smallest absolute Gasteiger partial charge is 0.217 e. The summed E-state index contributed by atoms with van der Waals surface area (Å²) in [5.41, 5.74) is 2.07. The number of para-hydroxylation sites is 1. The van der Waals surface area contributed by atoms with Gasteiger partial charge in [-0.1, -0.05) is 34.1 Å². The van der Waals surface area contributed by atoms with Crippen molar-refractivity contribution in [1.29, 1.82) is 0 Å². The van der Waals surface area contributed by atoms with E-state index in [1.807, 2.05) is 67.5 Å². The van der Waals surface area contributed by atoms with Crippen LogP contribution in [-0.4, -0.2) is 61.9 Å². The van der Waals surface area contributed by atoms with E-state index >= 15 is 0 Å². The molecule has 0 spiro atoms. The van der Waals surface area contributed by atoms with E-state index in [1.165, 1.54) is 0 Å². The molecule has 0 saturated heterocycles. The minimum Gasteiger partial charge on any atom is -0.481 e. The molecule has 0 fully saturated rings. The number of pyridine rings is 2. The van der Waals surface area contributed by atoms with Crippen molar-refractivity contribution in [3.63, 3.8) is 0 Å². The van der Waals surface area contributed by atoms with Gasteiger partial charge in [-0.25, -0.2) is 4.98 Å². The number of rotatable bonds is 10. The zero-order chi connectivity index (χ0) is 28.4. The Hall–Kier alpha value is -3.66. The van der Waals surface area contributed by atoms with Gasteiger partial charge in [0.15, 0.2) is 0 Å². The number of nitrogens with zero attached hydrogens (tertiary/aromatic N) is 3. The van der Waals surface area contributed by atoms with Crippen LogP contribution in [0.2, 0.25) is 0 Å². The SMILES string of the molecule is COc1cc(C(O)(CCN(C)C)C(c2cc3cc(Br)ccc3nc2OC)c2cccc3ccoc23)cc(OC)n1. The summed E-state index contributed by atoms with van der Waals surface area (Å²) in [6.07, 6.45) is 2.02. The van der Waals surface area contributed by atoms with Crippen LogP contribution in [0.1, 0.15) is 29.0 Å². The molecule has 0 amide bonds. The topological polar surface area (TPSA) is 90.1 Å². The number of hydrogen-bond acceptors (Lipinski definition) is 8. The lowest BCUT2D eigenvalue weighted by molar-refractivity contribution is 0.00345. The Morgan fingerprint density at radius 1 is 0.900 bits per heavy atom. The average molecular weight is 607 g/mol. The minimum atomic E-state index is -1.50. The van der Waals surface area contributed by atoms with Gasteiger partial charge in [-0.3, -0.25) is 0 Å². The highest BCUT2D eigenvalue weighted by atomic mass is 79.9. The predicted molar refractivity (Wildman–Crippen MR) is 158 cm³/mol. The second-order valence-electron chi connectivity index (χ2n) is 9.96. The molecule has 2 unspecified atom stereocenters. The number of hydrogen-bond donors (Lipinski definition) is 1. The van der Waals surface area contributed by atoms with Crippen molar-refractivity contribution in [1.82, 2.24) is 14.9 Å². The van der Waals surface area contributed by atoms with Crippen LogP contribution in [0.25, 0.3) is 21.9 Å². The van der Waals surface area contributed by atoms with Crippen LogP contribution in [-0.2, 0) is 5.60 Å². The Kier molecular flexibility index (Phi) is 7.98. The lowest BCUT2D eigenvalue weighted by Gasteiger charge is -2.39. The Morgan fingerprint density at radius 2 is 1.65 bits per heavy atom. The highest BCUT2D eigenvalue weighted by Crippen LogP contribution is 2.50. The van der Waals surface area contributed by atoms with Crippen molar-refractivity contribution in [3.05, 3.63) is 88.1 Å². The zero-order valence-electron chi connectivity index (χ0n) is 23.1. The third-order valence-electron chi connectivity index (χ3n) is 7.21. The van der Waals surface area contributed by atoms with Crippen LogP contribution in [0.4, 0.5) is 0 Å². The molecule has 0 radical (unpaired) electrons. The van der Waals surface area contributed by atoms with Crippen LogP contribution in [0.15, 0.2) is 75.8 Å². The number of aliphatic hydroxyl groups is 1. The molecule has 0 bridgehead atoms. The molecule has 5 rings (SSSR count). The first kappa shape index (κ1) is 27.9. The van der Waals surface area contributed by atoms with Crippen LogP contribution in [0.3, 0.4) is 0 Å². The number of aromatic nitrogens is 2. The predicted octanol–water partition coefficient (Wildman–Crippen LogP) is 6.14. The van der Waals surface area contributed by atoms with Gasteiger partial charge in [-0.15, -0.1) is 0 Å². The molecule has 5 aromatic rings. The number of methoxy groups -OCH3 is 3. The fraction of sp³-hybridized carbons (Fsp3) is 0.290. The summed E-state index contributed by atoms with van der Waals surface area (Å²) in [4.78, 5) is 11.3. The summed E-state index contributed by atoms with van der Waals surface area (Å²) < 4.78 is 23.9. The molecule has 8 nitrogen and oxygen atoms in total. The first-order valence-corrected chi connectivity index (χ1v) is 13.6. The molecule has 2 aromatic carbocycles. The first-order valence-electron chi connectivity index (χ1n) is 12.9. The Balaban J connectivity index is 1.88. The monoisotopic (exact) mass is 605 g/mol. The standard InChI is InChI=1S/C31H32BrN3O5/c1-35(2)13-12-31(36,21-17-26(37-3)34-27(18-21)38-4)28(23-8-6-7-19-11-14-40-29(19)23)24-16-20-15-22(32)9-10-25(20)33-30(24)39-5/h6-11,14-18,28,36H,12-13H2,1-5H3. The van der Waals surface area contributed by atoms with E-state index in [1.54, 1.807) is 39.7 Å². The molecule has 3 heterocycles. The minimum absolute atomic E-state index is 0.333. The second-order valence-corrected chi connectivity index (χ2v) is 10.9. The number of benzene rings is 2. The van der Waals surface area contributed by atoms with Gasteiger partial charge < -0.3 is 28.6 Å². The Morgan fingerprint density at radius 3 is 2.33 bits per heavy atom. The summed E-state index contributed by atoms with van der Waals surface area (Å²) in [7, 11) is 8.63. The van der Waals surface area contributed by atoms with Gasteiger partial charge in [-0.2, -0.15) is 4.98 Å². The number of furan rings is 1. The number of halogens is 1. The highest BCUT2D eigenvalue weighted by Gasteiger charge is 2.44. The van der Waals surface area contributed by atoms with Crippen molar-refractivity contribution in [2.45, 2.75) is 17.9 Å². The van der Waals surface area contributed by atoms with E-state index in [2.05, 4.69) is 20.9 Å². The van der Waals surface area contributed by atoms with Gasteiger partial charge in [0.05, 0.1) is 39.0 Å². The zero-order valence-corrected chi connectivity index (χ0v) is 24.7. The average Bonchev–Trinajstić information content (AvgIpc) is 3.45. The maximum atomic E-state index is 13.1. The third kappa shape index (κ3) is 5.24. The van der Waals surface area contributed by atoms with Crippen LogP contribution < -0.4 is 14.2 Å². The maximum Gasteiger partial charge on any atom is 0.217 e. The second kappa shape index (κ2) is 11.4. The summed E-state index contributed by atoms with van der Waals surface area (Å²) in [6.45, 7) is 0.586. The summed E-state index contributed by atoms with van der Waals surface area (Å²) in [6, 6.07) is 19.3. The Labute approximate surface area is 241 Å².